The van der Waals surface area contributed by atoms with Crippen molar-refractivity contribution in [3.63, 3.8) is 0 Å². The van der Waals surface area contributed by atoms with Gasteiger partial charge in [0.15, 0.2) is 0 Å². The van der Waals surface area contributed by atoms with E-state index in [0.717, 1.165) is 5.52 Å². The fourth-order valence-electron chi connectivity index (χ4n) is 2.75. The number of hydrogen-bond donors (Lipinski definition) is 1. The summed E-state index contributed by atoms with van der Waals surface area (Å²) < 4.78 is 16.6. The quantitative estimate of drug-likeness (QED) is 0.801. The van der Waals surface area contributed by atoms with Crippen molar-refractivity contribution in [1.82, 2.24) is 9.13 Å². The van der Waals surface area contributed by atoms with Crippen LogP contribution in [0.3, 0.4) is 0 Å². The van der Waals surface area contributed by atoms with E-state index in [4.69, 9.17) is 0 Å². The zero-order valence-electron chi connectivity index (χ0n) is 13.5. The van der Waals surface area contributed by atoms with E-state index in [2.05, 4.69) is 5.32 Å². The van der Waals surface area contributed by atoms with Gasteiger partial charge in [-0.2, -0.15) is 0 Å². The average Bonchev–Trinajstić information content (AvgIpc) is 2.83. The Morgan fingerprint density at radius 1 is 1.12 bits per heavy atom. The van der Waals surface area contributed by atoms with Gasteiger partial charge in [0.1, 0.15) is 12.4 Å². The van der Waals surface area contributed by atoms with E-state index in [9.17, 15) is 14.0 Å². The number of fused-ring (bicyclic) bond motifs is 1. The summed E-state index contributed by atoms with van der Waals surface area (Å²) in [6, 6.07) is 11.8. The van der Waals surface area contributed by atoms with Crippen LogP contribution in [0.1, 0.15) is 12.5 Å². The normalized spacial score (nSPS) is 11.0. The van der Waals surface area contributed by atoms with Gasteiger partial charge in [0, 0.05) is 12.2 Å². The summed E-state index contributed by atoms with van der Waals surface area (Å²) in [7, 11) is 0. The summed E-state index contributed by atoms with van der Waals surface area (Å²) in [5.74, 6) is -0.757. The molecular formula is C18H18FN3O2. The lowest BCUT2D eigenvalue weighted by Gasteiger charge is -2.07. The number of carbonyl (C=O) groups is 1. The van der Waals surface area contributed by atoms with Crippen LogP contribution in [0.4, 0.5) is 10.1 Å². The Bertz CT molecular complexity index is 972. The van der Waals surface area contributed by atoms with Gasteiger partial charge in [-0.1, -0.05) is 18.2 Å². The van der Waals surface area contributed by atoms with Crippen LogP contribution >= 0.6 is 0 Å². The molecule has 6 heteroatoms. The van der Waals surface area contributed by atoms with Gasteiger partial charge in [0.2, 0.25) is 5.91 Å². The lowest BCUT2D eigenvalue weighted by atomic mass is 10.2. The molecule has 1 heterocycles. The molecule has 0 saturated heterocycles. The Balaban J connectivity index is 1.89. The van der Waals surface area contributed by atoms with Crippen LogP contribution < -0.4 is 11.0 Å². The zero-order chi connectivity index (χ0) is 17.3. The molecule has 0 bridgehead atoms. The molecule has 0 aliphatic heterocycles. The van der Waals surface area contributed by atoms with Crippen LogP contribution in [-0.4, -0.2) is 15.0 Å². The second kappa shape index (κ2) is 6.31. The van der Waals surface area contributed by atoms with Crippen molar-refractivity contribution in [2.24, 2.45) is 0 Å². The molecule has 0 aliphatic rings. The highest BCUT2D eigenvalue weighted by molar-refractivity contribution is 5.91. The van der Waals surface area contributed by atoms with Gasteiger partial charge in [-0.3, -0.25) is 13.9 Å². The molecule has 1 aromatic heterocycles. The van der Waals surface area contributed by atoms with Crippen LogP contribution in [0.15, 0.2) is 47.3 Å². The standard InChI is InChI=1S/C18H18FN3O2/c1-3-21-15-6-4-5-7-16(15)22(18(21)24)11-17(23)20-13-9-8-12(2)14(19)10-13/h4-10H,3,11H2,1-2H3,(H,20,23). The number of carbonyl (C=O) groups excluding carboxylic acids is 1. The van der Waals surface area contributed by atoms with Gasteiger partial charge in [-0.15, -0.1) is 0 Å². The number of aromatic nitrogens is 2. The first-order valence-corrected chi connectivity index (χ1v) is 7.75. The minimum Gasteiger partial charge on any atom is -0.324 e. The van der Waals surface area contributed by atoms with Crippen molar-refractivity contribution < 1.29 is 9.18 Å². The van der Waals surface area contributed by atoms with Gasteiger partial charge < -0.3 is 5.32 Å². The van der Waals surface area contributed by atoms with Crippen LogP contribution in [-0.2, 0) is 17.9 Å². The fraction of sp³-hybridized carbons (Fsp3) is 0.222. The molecule has 3 rings (SSSR count). The maximum absolute atomic E-state index is 13.6. The summed E-state index contributed by atoms with van der Waals surface area (Å²) in [5.41, 5.74) is 2.14. The number of amides is 1. The molecule has 1 amide bonds. The average molecular weight is 327 g/mol. The van der Waals surface area contributed by atoms with E-state index >= 15 is 0 Å². The van der Waals surface area contributed by atoms with Crippen LogP contribution in [0.5, 0.6) is 0 Å². The summed E-state index contributed by atoms with van der Waals surface area (Å²) in [5, 5.41) is 2.63. The molecule has 0 spiro atoms. The van der Waals surface area contributed by atoms with Gasteiger partial charge >= 0.3 is 5.69 Å². The molecule has 1 N–H and O–H groups in total. The second-order valence-corrected chi connectivity index (χ2v) is 5.61. The lowest BCUT2D eigenvalue weighted by molar-refractivity contribution is -0.116. The van der Waals surface area contributed by atoms with E-state index in [1.807, 2.05) is 31.2 Å². The molecule has 124 valence electrons. The summed E-state index contributed by atoms with van der Waals surface area (Å²) >= 11 is 0. The van der Waals surface area contributed by atoms with Crippen LogP contribution in [0, 0.1) is 12.7 Å². The van der Waals surface area contributed by atoms with E-state index in [-0.39, 0.29) is 24.0 Å². The number of nitrogens with zero attached hydrogens (tertiary/aromatic N) is 2. The third-order valence-electron chi connectivity index (χ3n) is 4.00. The van der Waals surface area contributed by atoms with Gasteiger partial charge in [-0.25, -0.2) is 9.18 Å². The predicted molar refractivity (Wildman–Crippen MR) is 91.6 cm³/mol. The van der Waals surface area contributed by atoms with Gasteiger partial charge in [0.05, 0.1) is 11.0 Å². The van der Waals surface area contributed by atoms with Crippen molar-refractivity contribution >= 4 is 22.6 Å². The molecule has 24 heavy (non-hydrogen) atoms. The zero-order valence-corrected chi connectivity index (χ0v) is 13.5. The number of nitrogens with one attached hydrogen (secondary N) is 1. The number of benzene rings is 2. The Morgan fingerprint density at radius 2 is 1.79 bits per heavy atom. The van der Waals surface area contributed by atoms with Gasteiger partial charge in [-0.05, 0) is 43.7 Å². The van der Waals surface area contributed by atoms with E-state index in [1.165, 1.54) is 10.6 Å². The number of para-hydroxylation sites is 2. The topological polar surface area (TPSA) is 56.0 Å². The third kappa shape index (κ3) is 2.82. The summed E-state index contributed by atoms with van der Waals surface area (Å²) in [6.07, 6.45) is 0. The summed E-state index contributed by atoms with van der Waals surface area (Å²) in [4.78, 5) is 24.8. The first-order chi connectivity index (χ1) is 11.5. The fourth-order valence-corrected chi connectivity index (χ4v) is 2.75. The smallest absolute Gasteiger partial charge is 0.324 e. The van der Waals surface area contributed by atoms with E-state index in [0.29, 0.717) is 23.3 Å². The largest absolute Gasteiger partial charge is 0.329 e. The number of anilines is 1. The van der Waals surface area contributed by atoms with E-state index in [1.54, 1.807) is 23.6 Å². The SMILES string of the molecule is CCn1c(=O)n(CC(=O)Nc2ccc(C)c(F)c2)c2ccccc21. The lowest BCUT2D eigenvalue weighted by Crippen LogP contribution is -2.29. The molecule has 0 fully saturated rings. The number of hydrogen-bond acceptors (Lipinski definition) is 2. The third-order valence-corrected chi connectivity index (χ3v) is 4.00. The maximum Gasteiger partial charge on any atom is 0.329 e. The minimum absolute atomic E-state index is 0.123. The van der Waals surface area contributed by atoms with Crippen molar-refractivity contribution in [3.8, 4) is 0 Å². The molecule has 0 saturated carbocycles. The molecule has 2 aromatic carbocycles. The molecular weight excluding hydrogens is 309 g/mol. The van der Waals surface area contributed by atoms with Gasteiger partial charge in [0.25, 0.3) is 0 Å². The molecule has 0 radical (unpaired) electrons. The molecule has 3 aromatic rings. The van der Waals surface area contributed by atoms with Crippen molar-refractivity contribution in [1.29, 1.82) is 0 Å². The summed E-state index contributed by atoms with van der Waals surface area (Å²) in [6.45, 7) is 3.94. The number of halogens is 1. The molecule has 0 unspecified atom stereocenters. The highest BCUT2D eigenvalue weighted by Crippen LogP contribution is 2.15. The Hall–Kier alpha value is -2.89. The van der Waals surface area contributed by atoms with E-state index < -0.39 is 0 Å². The highest BCUT2D eigenvalue weighted by Gasteiger charge is 2.14. The van der Waals surface area contributed by atoms with Crippen LogP contribution in [0.25, 0.3) is 11.0 Å². The Labute approximate surface area is 138 Å². The molecule has 0 aliphatic carbocycles. The molecule has 5 nitrogen and oxygen atoms in total. The van der Waals surface area contributed by atoms with Crippen molar-refractivity contribution in [2.45, 2.75) is 26.9 Å². The Morgan fingerprint density at radius 3 is 2.42 bits per heavy atom. The van der Waals surface area contributed by atoms with Crippen molar-refractivity contribution in [3.05, 3.63) is 64.3 Å². The highest BCUT2D eigenvalue weighted by atomic mass is 19.1. The first-order valence-electron chi connectivity index (χ1n) is 7.75. The number of aryl methyl sites for hydroxylation is 2. The number of rotatable bonds is 4. The minimum atomic E-state index is -0.382. The van der Waals surface area contributed by atoms with Crippen LogP contribution in [0.2, 0.25) is 0 Å². The monoisotopic (exact) mass is 327 g/mol. The Kier molecular flexibility index (Phi) is 4.20. The maximum atomic E-state index is 13.6. The molecule has 0 atom stereocenters. The first kappa shape index (κ1) is 16.0. The number of imidazole rings is 1. The van der Waals surface area contributed by atoms with Crippen molar-refractivity contribution in [2.75, 3.05) is 5.32 Å². The second-order valence-electron chi connectivity index (χ2n) is 5.61. The predicted octanol–water partition coefficient (Wildman–Crippen LogP) is 2.91.